The molecule has 0 radical (unpaired) electrons. The molecule has 186 valence electrons. The standard InChI is InChI=1S/C27H33FN4O3/c1-20-5-3-4-6-22(20)18-26(34)31-11-9-29(10-12-31)19-27(35)32-15-13-30(14-16-32)25-8-7-23(21(2)33)17-24(25)28/h3-8,17H,9-16,18-19H2,1-2H3. The Kier molecular flexibility index (Phi) is 7.80. The molecule has 2 heterocycles. The molecule has 0 atom stereocenters. The van der Waals surface area contributed by atoms with Crippen LogP contribution in [0.25, 0.3) is 0 Å². The number of halogens is 1. The van der Waals surface area contributed by atoms with Crippen LogP contribution in [-0.2, 0) is 16.0 Å². The molecule has 8 heteroatoms. The summed E-state index contributed by atoms with van der Waals surface area (Å²) < 4.78 is 14.5. The van der Waals surface area contributed by atoms with Crippen molar-refractivity contribution in [2.45, 2.75) is 20.3 Å². The fourth-order valence-electron chi connectivity index (χ4n) is 4.71. The molecule has 0 bridgehead atoms. The first-order valence-electron chi connectivity index (χ1n) is 12.2. The molecule has 2 aromatic rings. The number of nitrogens with zero attached hydrogens (tertiary/aromatic N) is 4. The van der Waals surface area contributed by atoms with Crippen LogP contribution < -0.4 is 4.90 Å². The Morgan fingerprint density at radius 3 is 2.09 bits per heavy atom. The summed E-state index contributed by atoms with van der Waals surface area (Å²) in [5.41, 5.74) is 3.01. The zero-order valence-corrected chi connectivity index (χ0v) is 20.5. The van der Waals surface area contributed by atoms with E-state index in [1.807, 2.05) is 45.9 Å². The first-order chi connectivity index (χ1) is 16.8. The minimum Gasteiger partial charge on any atom is -0.366 e. The van der Waals surface area contributed by atoms with Gasteiger partial charge in [-0.2, -0.15) is 0 Å². The second kappa shape index (κ2) is 11.0. The van der Waals surface area contributed by atoms with Gasteiger partial charge in [0, 0.05) is 57.9 Å². The normalized spacial score (nSPS) is 16.9. The fourth-order valence-corrected chi connectivity index (χ4v) is 4.71. The SMILES string of the molecule is CC(=O)c1ccc(N2CCN(C(=O)CN3CCN(C(=O)Cc4ccccc4C)CC3)CC2)c(F)c1. The molecule has 2 aromatic carbocycles. The number of piperazine rings is 2. The lowest BCUT2D eigenvalue weighted by Gasteiger charge is -2.38. The van der Waals surface area contributed by atoms with Crippen molar-refractivity contribution >= 4 is 23.3 Å². The number of rotatable bonds is 6. The topological polar surface area (TPSA) is 64.2 Å². The number of Topliss-reactive ketones (excluding diaryl/α,β-unsaturated/α-hetero) is 1. The Morgan fingerprint density at radius 1 is 0.829 bits per heavy atom. The van der Waals surface area contributed by atoms with Gasteiger partial charge in [-0.15, -0.1) is 0 Å². The van der Waals surface area contributed by atoms with Crippen LogP contribution in [0.15, 0.2) is 42.5 Å². The van der Waals surface area contributed by atoms with Crippen molar-refractivity contribution in [3.8, 4) is 0 Å². The van der Waals surface area contributed by atoms with E-state index in [1.165, 1.54) is 13.0 Å². The zero-order chi connectivity index (χ0) is 24.9. The van der Waals surface area contributed by atoms with Crippen molar-refractivity contribution in [1.29, 1.82) is 0 Å². The Bertz CT molecular complexity index is 1090. The van der Waals surface area contributed by atoms with Crippen molar-refractivity contribution in [1.82, 2.24) is 14.7 Å². The van der Waals surface area contributed by atoms with Crippen molar-refractivity contribution in [3.05, 3.63) is 65.0 Å². The van der Waals surface area contributed by atoms with E-state index in [2.05, 4.69) is 4.90 Å². The average Bonchev–Trinajstić information content (AvgIpc) is 2.86. The van der Waals surface area contributed by atoms with E-state index >= 15 is 0 Å². The van der Waals surface area contributed by atoms with Crippen LogP contribution in [0.3, 0.4) is 0 Å². The highest BCUT2D eigenvalue weighted by Crippen LogP contribution is 2.22. The number of aryl methyl sites for hydroxylation is 1. The summed E-state index contributed by atoms with van der Waals surface area (Å²) >= 11 is 0. The minimum absolute atomic E-state index is 0.0664. The Morgan fingerprint density at radius 2 is 1.46 bits per heavy atom. The summed E-state index contributed by atoms with van der Waals surface area (Å²) in [6.45, 7) is 8.53. The molecule has 0 unspecified atom stereocenters. The van der Waals surface area contributed by atoms with Crippen LogP contribution in [0.4, 0.5) is 10.1 Å². The van der Waals surface area contributed by atoms with Crippen LogP contribution in [-0.4, -0.2) is 91.2 Å². The number of carbonyl (C=O) groups excluding carboxylic acids is 3. The van der Waals surface area contributed by atoms with E-state index in [0.29, 0.717) is 76.6 Å². The first kappa shape index (κ1) is 24.9. The number of anilines is 1. The molecule has 0 aliphatic carbocycles. The molecule has 2 aliphatic rings. The van der Waals surface area contributed by atoms with Gasteiger partial charge in [-0.05, 0) is 43.2 Å². The predicted molar refractivity (Wildman–Crippen MR) is 133 cm³/mol. The van der Waals surface area contributed by atoms with Crippen molar-refractivity contribution < 1.29 is 18.8 Å². The van der Waals surface area contributed by atoms with Gasteiger partial charge in [0.05, 0.1) is 18.7 Å². The van der Waals surface area contributed by atoms with Gasteiger partial charge in [0.15, 0.2) is 5.78 Å². The molecule has 2 saturated heterocycles. The summed E-state index contributed by atoms with van der Waals surface area (Å²) in [4.78, 5) is 44.8. The van der Waals surface area contributed by atoms with Gasteiger partial charge < -0.3 is 14.7 Å². The number of hydrogen-bond donors (Lipinski definition) is 0. The molecule has 0 aromatic heterocycles. The summed E-state index contributed by atoms with van der Waals surface area (Å²) in [5.74, 6) is -0.378. The average molecular weight is 481 g/mol. The van der Waals surface area contributed by atoms with Crippen molar-refractivity contribution in [2.75, 3.05) is 63.8 Å². The van der Waals surface area contributed by atoms with Crippen LogP contribution in [0.1, 0.15) is 28.4 Å². The number of benzene rings is 2. The fraction of sp³-hybridized carbons (Fsp3) is 0.444. The van der Waals surface area contributed by atoms with Crippen LogP contribution in [0.2, 0.25) is 0 Å². The Labute approximate surface area is 206 Å². The molecule has 0 saturated carbocycles. The summed E-state index contributed by atoms with van der Waals surface area (Å²) in [5, 5.41) is 0. The molecule has 2 aliphatic heterocycles. The van der Waals surface area contributed by atoms with Gasteiger partial charge >= 0.3 is 0 Å². The van der Waals surface area contributed by atoms with Crippen LogP contribution in [0.5, 0.6) is 0 Å². The molecule has 4 rings (SSSR count). The smallest absolute Gasteiger partial charge is 0.236 e. The highest BCUT2D eigenvalue weighted by molar-refractivity contribution is 5.94. The highest BCUT2D eigenvalue weighted by Gasteiger charge is 2.27. The van der Waals surface area contributed by atoms with Gasteiger partial charge in [0.1, 0.15) is 5.82 Å². The van der Waals surface area contributed by atoms with E-state index < -0.39 is 5.82 Å². The predicted octanol–water partition coefficient (Wildman–Crippen LogP) is 2.37. The van der Waals surface area contributed by atoms with E-state index in [4.69, 9.17) is 0 Å². The second-order valence-corrected chi connectivity index (χ2v) is 9.35. The lowest BCUT2D eigenvalue weighted by molar-refractivity contribution is -0.135. The molecule has 7 nitrogen and oxygen atoms in total. The van der Waals surface area contributed by atoms with Crippen molar-refractivity contribution in [3.63, 3.8) is 0 Å². The lowest BCUT2D eigenvalue weighted by atomic mass is 10.1. The molecule has 35 heavy (non-hydrogen) atoms. The van der Waals surface area contributed by atoms with Gasteiger partial charge in [-0.3, -0.25) is 19.3 Å². The highest BCUT2D eigenvalue weighted by atomic mass is 19.1. The van der Waals surface area contributed by atoms with Gasteiger partial charge in [0.25, 0.3) is 0 Å². The first-order valence-corrected chi connectivity index (χ1v) is 12.2. The third-order valence-electron chi connectivity index (χ3n) is 7.01. The summed E-state index contributed by atoms with van der Waals surface area (Å²) in [6, 6.07) is 12.5. The Balaban J connectivity index is 1.22. The van der Waals surface area contributed by atoms with Gasteiger partial charge in [-0.1, -0.05) is 24.3 Å². The number of amides is 2. The molecular formula is C27H33FN4O3. The minimum atomic E-state index is -0.410. The summed E-state index contributed by atoms with van der Waals surface area (Å²) in [6.07, 6.45) is 0.411. The largest absolute Gasteiger partial charge is 0.366 e. The molecule has 2 amide bonds. The maximum atomic E-state index is 14.5. The Hall–Kier alpha value is -3.26. The van der Waals surface area contributed by atoms with E-state index in [1.54, 1.807) is 12.1 Å². The third kappa shape index (κ3) is 6.06. The molecule has 0 spiro atoms. The number of ketones is 1. The maximum absolute atomic E-state index is 14.5. The molecular weight excluding hydrogens is 447 g/mol. The van der Waals surface area contributed by atoms with Gasteiger partial charge in [0.2, 0.25) is 11.8 Å². The maximum Gasteiger partial charge on any atom is 0.236 e. The summed E-state index contributed by atoms with van der Waals surface area (Å²) in [7, 11) is 0. The van der Waals surface area contributed by atoms with Crippen LogP contribution >= 0.6 is 0 Å². The quantitative estimate of drug-likeness (QED) is 0.594. The molecule has 0 N–H and O–H groups in total. The second-order valence-electron chi connectivity index (χ2n) is 9.35. The van der Waals surface area contributed by atoms with Crippen molar-refractivity contribution in [2.24, 2.45) is 0 Å². The van der Waals surface area contributed by atoms with Gasteiger partial charge in [-0.25, -0.2) is 4.39 Å². The van der Waals surface area contributed by atoms with E-state index in [-0.39, 0.29) is 17.6 Å². The zero-order valence-electron chi connectivity index (χ0n) is 20.5. The van der Waals surface area contributed by atoms with Crippen LogP contribution in [0, 0.1) is 12.7 Å². The van der Waals surface area contributed by atoms with E-state index in [9.17, 15) is 18.8 Å². The van der Waals surface area contributed by atoms with E-state index in [0.717, 1.165) is 11.1 Å². The number of hydrogen-bond acceptors (Lipinski definition) is 5. The molecule has 2 fully saturated rings. The lowest BCUT2D eigenvalue weighted by Crippen LogP contribution is -2.54. The third-order valence-corrected chi connectivity index (χ3v) is 7.01. The monoisotopic (exact) mass is 480 g/mol. The number of carbonyl (C=O) groups is 3.